The Bertz CT molecular complexity index is 650. The highest BCUT2D eigenvalue weighted by Gasteiger charge is 2.27. The molecule has 0 radical (unpaired) electrons. The molecule has 2 atom stereocenters. The second-order valence-corrected chi connectivity index (χ2v) is 8.77. The van der Waals surface area contributed by atoms with Crippen molar-refractivity contribution in [2.24, 2.45) is 11.8 Å². The molecule has 27 heavy (non-hydrogen) atoms. The van der Waals surface area contributed by atoms with Crippen molar-refractivity contribution in [3.05, 3.63) is 29.3 Å². The predicted octanol–water partition coefficient (Wildman–Crippen LogP) is 3.16. The largest absolute Gasteiger partial charge is 0.346 e. The Hall–Kier alpha value is -1.37. The van der Waals surface area contributed by atoms with Gasteiger partial charge in [0, 0.05) is 50.0 Å². The number of piperazine rings is 1. The summed E-state index contributed by atoms with van der Waals surface area (Å²) in [7, 11) is 0. The van der Waals surface area contributed by atoms with Crippen molar-refractivity contribution < 1.29 is 4.79 Å². The van der Waals surface area contributed by atoms with Gasteiger partial charge in [-0.05, 0) is 54.7 Å². The molecular weight excluding hydrogens is 380 g/mol. The Morgan fingerprint density at radius 2 is 1.67 bits per heavy atom. The van der Waals surface area contributed by atoms with Crippen LogP contribution in [0.5, 0.6) is 0 Å². The van der Waals surface area contributed by atoms with Crippen molar-refractivity contribution in [3.8, 4) is 0 Å². The smallest absolute Gasteiger partial charge is 0.236 e. The number of benzene rings is 1. The van der Waals surface area contributed by atoms with Gasteiger partial charge in [0.15, 0.2) is 5.11 Å². The van der Waals surface area contributed by atoms with Crippen LogP contribution in [-0.2, 0) is 4.79 Å². The molecule has 0 aliphatic carbocycles. The monoisotopic (exact) mass is 408 g/mol. The molecule has 0 saturated carbocycles. The van der Waals surface area contributed by atoms with E-state index in [4.69, 9.17) is 23.8 Å². The molecular formula is C20H29ClN4OS. The summed E-state index contributed by atoms with van der Waals surface area (Å²) in [5.74, 6) is 1.47. The minimum atomic E-state index is 0.267. The number of nitrogens with zero attached hydrogens (tertiary/aromatic N) is 3. The molecule has 5 nitrogen and oxygen atoms in total. The molecule has 2 aliphatic heterocycles. The van der Waals surface area contributed by atoms with Gasteiger partial charge in [0.05, 0.1) is 6.54 Å². The van der Waals surface area contributed by atoms with E-state index in [0.29, 0.717) is 23.4 Å². The van der Waals surface area contributed by atoms with Gasteiger partial charge in [-0.15, -0.1) is 0 Å². The van der Waals surface area contributed by atoms with Gasteiger partial charge in [-0.1, -0.05) is 25.4 Å². The number of likely N-dealkylation sites (tertiary alicyclic amines) is 1. The number of halogens is 1. The summed E-state index contributed by atoms with van der Waals surface area (Å²) in [6, 6.07) is 7.53. The lowest BCUT2D eigenvalue weighted by molar-refractivity contribution is -0.135. The van der Waals surface area contributed by atoms with Crippen LogP contribution in [0.3, 0.4) is 0 Å². The molecule has 2 fully saturated rings. The maximum Gasteiger partial charge on any atom is 0.236 e. The second kappa shape index (κ2) is 9.22. The number of hydrogen-bond acceptors (Lipinski definition) is 3. The first-order valence-electron chi connectivity index (χ1n) is 9.72. The lowest BCUT2D eigenvalue weighted by Gasteiger charge is -2.39. The summed E-state index contributed by atoms with van der Waals surface area (Å²) in [5.41, 5.74) is 0.940. The lowest BCUT2D eigenvalue weighted by atomic mass is 9.92. The average molecular weight is 409 g/mol. The summed E-state index contributed by atoms with van der Waals surface area (Å²) >= 11 is 11.5. The SMILES string of the molecule is C[C@@H]1C[C@@H](C)CN(C(=O)CN2CCN(C(=S)Nc3ccc(Cl)cc3)CC2)C1. The van der Waals surface area contributed by atoms with Crippen molar-refractivity contribution in [3.63, 3.8) is 0 Å². The molecule has 1 aromatic rings. The number of amides is 1. The molecule has 3 rings (SSSR count). The predicted molar refractivity (Wildman–Crippen MR) is 115 cm³/mol. The van der Waals surface area contributed by atoms with Crippen molar-refractivity contribution >= 4 is 40.5 Å². The van der Waals surface area contributed by atoms with Crippen LogP contribution in [0.2, 0.25) is 5.02 Å². The van der Waals surface area contributed by atoms with E-state index in [-0.39, 0.29) is 5.91 Å². The van der Waals surface area contributed by atoms with E-state index in [1.807, 2.05) is 24.3 Å². The van der Waals surface area contributed by atoms with E-state index in [0.717, 1.165) is 50.1 Å². The molecule has 7 heteroatoms. The third-order valence-corrected chi connectivity index (χ3v) is 5.95. The lowest BCUT2D eigenvalue weighted by Crippen LogP contribution is -2.53. The van der Waals surface area contributed by atoms with E-state index in [1.165, 1.54) is 6.42 Å². The quantitative estimate of drug-likeness (QED) is 0.778. The van der Waals surface area contributed by atoms with Crippen LogP contribution in [0.1, 0.15) is 20.3 Å². The van der Waals surface area contributed by atoms with Crippen LogP contribution >= 0.6 is 23.8 Å². The van der Waals surface area contributed by atoms with Crippen LogP contribution < -0.4 is 5.32 Å². The molecule has 0 bridgehead atoms. The summed E-state index contributed by atoms with van der Waals surface area (Å²) in [6.07, 6.45) is 1.22. The molecule has 0 spiro atoms. The van der Waals surface area contributed by atoms with E-state index >= 15 is 0 Å². The summed E-state index contributed by atoms with van der Waals surface area (Å²) in [5, 5.41) is 4.70. The molecule has 0 unspecified atom stereocenters. The maximum absolute atomic E-state index is 12.7. The van der Waals surface area contributed by atoms with Gasteiger partial charge in [-0.2, -0.15) is 0 Å². The minimum Gasteiger partial charge on any atom is -0.346 e. The second-order valence-electron chi connectivity index (χ2n) is 7.95. The number of hydrogen-bond donors (Lipinski definition) is 1. The highest BCUT2D eigenvalue weighted by atomic mass is 35.5. The Morgan fingerprint density at radius 1 is 1.07 bits per heavy atom. The number of rotatable bonds is 3. The van der Waals surface area contributed by atoms with Gasteiger partial charge in [0.1, 0.15) is 0 Å². The highest BCUT2D eigenvalue weighted by molar-refractivity contribution is 7.80. The number of thiocarbonyl (C=S) groups is 1. The standard InChI is InChI=1S/C20H29ClN4OS/c1-15-11-16(2)13-25(12-15)19(26)14-23-7-9-24(10-8-23)20(27)22-18-5-3-17(21)4-6-18/h3-6,15-16H,7-14H2,1-2H3,(H,22,27)/t15-,16-/m1/s1. The van der Waals surface area contributed by atoms with Gasteiger partial charge in [0.2, 0.25) is 5.91 Å². The Kier molecular flexibility index (Phi) is 6.95. The highest BCUT2D eigenvalue weighted by Crippen LogP contribution is 2.21. The van der Waals surface area contributed by atoms with E-state index in [9.17, 15) is 4.79 Å². The fraction of sp³-hybridized carbons (Fsp3) is 0.600. The van der Waals surface area contributed by atoms with E-state index < -0.39 is 0 Å². The van der Waals surface area contributed by atoms with Crippen molar-refractivity contribution in [1.29, 1.82) is 0 Å². The van der Waals surface area contributed by atoms with Crippen molar-refractivity contribution in [2.75, 3.05) is 51.1 Å². The number of carbonyl (C=O) groups excluding carboxylic acids is 1. The fourth-order valence-electron chi connectivity index (χ4n) is 4.00. The zero-order chi connectivity index (χ0) is 19.4. The third kappa shape index (κ3) is 5.80. The van der Waals surface area contributed by atoms with Gasteiger partial charge in [-0.25, -0.2) is 0 Å². The van der Waals surface area contributed by atoms with Gasteiger partial charge in [-0.3, -0.25) is 9.69 Å². The van der Waals surface area contributed by atoms with Crippen LogP contribution in [0.25, 0.3) is 0 Å². The maximum atomic E-state index is 12.7. The summed E-state index contributed by atoms with van der Waals surface area (Å²) in [6.45, 7) is 10.2. The van der Waals surface area contributed by atoms with Crippen molar-refractivity contribution in [1.82, 2.24) is 14.7 Å². The summed E-state index contributed by atoms with van der Waals surface area (Å²) in [4.78, 5) is 19.1. The molecule has 2 saturated heterocycles. The molecule has 1 amide bonds. The Balaban J connectivity index is 1.43. The molecule has 2 aliphatic rings. The number of piperidine rings is 1. The molecule has 2 heterocycles. The zero-order valence-corrected chi connectivity index (χ0v) is 17.7. The number of nitrogens with one attached hydrogen (secondary N) is 1. The molecule has 0 aromatic heterocycles. The first kappa shape index (κ1) is 20.4. The molecule has 1 N–H and O–H groups in total. The van der Waals surface area contributed by atoms with Crippen LogP contribution in [0, 0.1) is 11.8 Å². The third-order valence-electron chi connectivity index (χ3n) is 5.34. The van der Waals surface area contributed by atoms with Crippen LogP contribution in [0.4, 0.5) is 5.69 Å². The normalized spacial score (nSPS) is 24.0. The molecule has 1 aromatic carbocycles. The van der Waals surface area contributed by atoms with Crippen LogP contribution in [0.15, 0.2) is 24.3 Å². The van der Waals surface area contributed by atoms with E-state index in [1.54, 1.807) is 0 Å². The summed E-state index contributed by atoms with van der Waals surface area (Å²) < 4.78 is 0. The van der Waals surface area contributed by atoms with Gasteiger partial charge in [0.25, 0.3) is 0 Å². The Labute approximate surface area is 172 Å². The van der Waals surface area contributed by atoms with Gasteiger partial charge >= 0.3 is 0 Å². The minimum absolute atomic E-state index is 0.267. The topological polar surface area (TPSA) is 38.8 Å². The number of carbonyl (C=O) groups is 1. The zero-order valence-electron chi connectivity index (χ0n) is 16.2. The van der Waals surface area contributed by atoms with Crippen molar-refractivity contribution in [2.45, 2.75) is 20.3 Å². The van der Waals surface area contributed by atoms with Gasteiger partial charge < -0.3 is 15.1 Å². The van der Waals surface area contributed by atoms with E-state index in [2.05, 4.69) is 33.9 Å². The first-order valence-corrected chi connectivity index (χ1v) is 10.5. The number of anilines is 1. The Morgan fingerprint density at radius 3 is 2.26 bits per heavy atom. The average Bonchev–Trinajstić information content (AvgIpc) is 2.63. The first-order chi connectivity index (χ1) is 12.9. The fourth-order valence-corrected chi connectivity index (χ4v) is 4.43. The van der Waals surface area contributed by atoms with Crippen LogP contribution in [-0.4, -0.2) is 71.5 Å². The molecule has 148 valence electrons.